The van der Waals surface area contributed by atoms with Gasteiger partial charge in [0.05, 0.1) is 18.3 Å². The van der Waals surface area contributed by atoms with Crippen molar-refractivity contribution in [1.82, 2.24) is 0 Å². The lowest BCUT2D eigenvalue weighted by Crippen LogP contribution is -2.38. The van der Waals surface area contributed by atoms with Crippen LogP contribution < -0.4 is 0 Å². The van der Waals surface area contributed by atoms with Gasteiger partial charge in [-0.25, -0.2) is 0 Å². The smallest absolute Gasteiger partial charge is 0.302 e. The van der Waals surface area contributed by atoms with Crippen LogP contribution in [-0.4, -0.2) is 42.3 Å². The number of carbonyl (C=O) groups excluding carboxylic acids is 1. The second-order valence-electron chi connectivity index (χ2n) is 7.17. The molecule has 0 aliphatic rings. The molecule has 0 aromatic heterocycles. The minimum absolute atomic E-state index is 0.0211. The maximum Gasteiger partial charge on any atom is 0.302 e. The minimum Gasteiger partial charge on any atom is -0.460 e. The molecule has 0 aromatic rings. The summed E-state index contributed by atoms with van der Waals surface area (Å²) in [6.07, 6.45) is -0.343. The Morgan fingerprint density at radius 1 is 1.15 bits per heavy atom. The van der Waals surface area contributed by atoms with E-state index in [9.17, 15) is 9.90 Å². The Bertz CT molecular complexity index is 288. The van der Waals surface area contributed by atoms with Gasteiger partial charge in [-0.3, -0.25) is 4.79 Å². The average Bonchev–Trinajstić information content (AvgIpc) is 2.20. The molecule has 0 saturated carbocycles. The highest BCUT2D eigenvalue weighted by atomic mass is 16.7. The molecule has 2 atom stereocenters. The Morgan fingerprint density at radius 3 is 2.05 bits per heavy atom. The zero-order valence-corrected chi connectivity index (χ0v) is 13.9. The van der Waals surface area contributed by atoms with Gasteiger partial charge in [-0.2, -0.15) is 0 Å². The van der Waals surface area contributed by atoms with Gasteiger partial charge in [0.25, 0.3) is 0 Å². The second kappa shape index (κ2) is 7.96. The first-order valence-electron chi connectivity index (χ1n) is 7.00. The molecule has 120 valence electrons. The first kappa shape index (κ1) is 19.4. The van der Waals surface area contributed by atoms with E-state index in [1.54, 1.807) is 0 Å². The molecule has 0 bridgehead atoms. The van der Waals surface area contributed by atoms with Crippen LogP contribution >= 0.6 is 0 Å². The Balaban J connectivity index is 4.62. The standard InChI is InChI=1S/C15H30O5/c1-11(17)18-10-13(20-15(5,6)7)19-12(9-16)8-14(2,3)4/h12-13,16H,8-10H2,1-7H3. The highest BCUT2D eigenvalue weighted by Gasteiger charge is 2.26. The fourth-order valence-corrected chi connectivity index (χ4v) is 1.73. The van der Waals surface area contributed by atoms with E-state index in [-0.39, 0.29) is 30.7 Å². The lowest BCUT2D eigenvalue weighted by atomic mass is 9.89. The zero-order chi connectivity index (χ0) is 16.0. The van der Waals surface area contributed by atoms with E-state index in [4.69, 9.17) is 14.2 Å². The van der Waals surface area contributed by atoms with Gasteiger partial charge in [-0.15, -0.1) is 0 Å². The highest BCUT2D eigenvalue weighted by molar-refractivity contribution is 5.65. The summed E-state index contributed by atoms with van der Waals surface area (Å²) in [5.74, 6) is -0.382. The molecule has 0 heterocycles. The number of aliphatic hydroxyl groups excluding tert-OH is 1. The van der Waals surface area contributed by atoms with Gasteiger partial charge in [0.1, 0.15) is 6.61 Å². The van der Waals surface area contributed by atoms with Crippen molar-refractivity contribution in [2.24, 2.45) is 5.41 Å². The van der Waals surface area contributed by atoms with Crippen molar-refractivity contribution in [3.63, 3.8) is 0 Å². The van der Waals surface area contributed by atoms with E-state index in [1.807, 2.05) is 20.8 Å². The summed E-state index contributed by atoms with van der Waals surface area (Å²) in [6, 6.07) is 0. The van der Waals surface area contributed by atoms with Crippen molar-refractivity contribution < 1.29 is 24.1 Å². The predicted molar refractivity (Wildman–Crippen MR) is 77.3 cm³/mol. The Kier molecular flexibility index (Phi) is 7.70. The molecule has 0 amide bonds. The monoisotopic (exact) mass is 290 g/mol. The van der Waals surface area contributed by atoms with Gasteiger partial charge in [0.2, 0.25) is 0 Å². The summed E-state index contributed by atoms with van der Waals surface area (Å²) < 4.78 is 16.4. The molecule has 0 radical (unpaired) electrons. The molecule has 20 heavy (non-hydrogen) atoms. The van der Waals surface area contributed by atoms with Crippen LogP contribution in [0.2, 0.25) is 0 Å². The molecular formula is C15H30O5. The third-order valence-electron chi connectivity index (χ3n) is 2.30. The van der Waals surface area contributed by atoms with Crippen LogP contribution in [-0.2, 0) is 19.0 Å². The van der Waals surface area contributed by atoms with Crippen molar-refractivity contribution in [1.29, 1.82) is 0 Å². The SMILES string of the molecule is CC(=O)OCC(OC(CO)CC(C)(C)C)OC(C)(C)C. The number of aliphatic hydroxyl groups is 1. The normalized spacial score (nSPS) is 15.8. The van der Waals surface area contributed by atoms with Crippen molar-refractivity contribution in [2.75, 3.05) is 13.2 Å². The zero-order valence-electron chi connectivity index (χ0n) is 13.9. The molecule has 0 aliphatic heterocycles. The van der Waals surface area contributed by atoms with Crippen LogP contribution in [0.1, 0.15) is 54.9 Å². The number of rotatable bonds is 7. The van der Waals surface area contributed by atoms with Crippen molar-refractivity contribution in [2.45, 2.75) is 72.9 Å². The van der Waals surface area contributed by atoms with Crippen LogP contribution in [0.25, 0.3) is 0 Å². The van der Waals surface area contributed by atoms with Gasteiger partial charge in [0, 0.05) is 6.92 Å². The van der Waals surface area contributed by atoms with Crippen LogP contribution in [0.4, 0.5) is 0 Å². The molecular weight excluding hydrogens is 260 g/mol. The summed E-state index contributed by atoms with van der Waals surface area (Å²) in [6.45, 7) is 13.2. The molecule has 0 spiro atoms. The molecule has 5 nitrogen and oxygen atoms in total. The molecule has 0 aromatic carbocycles. The van der Waals surface area contributed by atoms with Gasteiger partial charge in [-0.05, 0) is 32.6 Å². The van der Waals surface area contributed by atoms with E-state index >= 15 is 0 Å². The summed E-state index contributed by atoms with van der Waals surface area (Å²) in [7, 11) is 0. The lowest BCUT2D eigenvalue weighted by molar-refractivity contribution is -0.241. The molecule has 0 fully saturated rings. The van der Waals surface area contributed by atoms with Gasteiger partial charge >= 0.3 is 5.97 Å². The predicted octanol–water partition coefficient (Wildman–Crippen LogP) is 2.50. The average molecular weight is 290 g/mol. The second-order valence-corrected chi connectivity index (χ2v) is 7.17. The highest BCUT2D eigenvalue weighted by Crippen LogP contribution is 2.24. The quantitative estimate of drug-likeness (QED) is 0.576. The largest absolute Gasteiger partial charge is 0.460 e. The fraction of sp³-hybridized carbons (Fsp3) is 0.933. The number of ether oxygens (including phenoxy) is 3. The molecule has 0 saturated heterocycles. The first-order chi connectivity index (χ1) is 8.93. The summed E-state index contributed by atoms with van der Waals surface area (Å²) in [4.78, 5) is 10.9. The third-order valence-corrected chi connectivity index (χ3v) is 2.30. The Labute approximate surface area is 122 Å². The lowest BCUT2D eigenvalue weighted by Gasteiger charge is -2.32. The first-order valence-corrected chi connectivity index (χ1v) is 7.00. The van der Waals surface area contributed by atoms with Crippen LogP contribution in [0, 0.1) is 5.41 Å². The molecule has 5 heteroatoms. The maximum absolute atomic E-state index is 10.9. The third kappa shape index (κ3) is 11.2. The van der Waals surface area contributed by atoms with Gasteiger partial charge < -0.3 is 19.3 Å². The number of hydrogen-bond donors (Lipinski definition) is 1. The van der Waals surface area contributed by atoms with Gasteiger partial charge in [0.15, 0.2) is 6.29 Å². The summed E-state index contributed by atoms with van der Waals surface area (Å²) in [5, 5.41) is 9.43. The molecule has 0 aliphatic carbocycles. The van der Waals surface area contributed by atoms with Crippen molar-refractivity contribution in [3.8, 4) is 0 Å². The molecule has 0 rings (SSSR count). The number of hydrogen-bond acceptors (Lipinski definition) is 5. The van der Waals surface area contributed by atoms with E-state index in [0.717, 1.165) is 0 Å². The number of carbonyl (C=O) groups is 1. The van der Waals surface area contributed by atoms with Crippen LogP contribution in [0.3, 0.4) is 0 Å². The van der Waals surface area contributed by atoms with E-state index < -0.39 is 11.9 Å². The van der Waals surface area contributed by atoms with Crippen LogP contribution in [0.15, 0.2) is 0 Å². The van der Waals surface area contributed by atoms with Crippen molar-refractivity contribution >= 4 is 5.97 Å². The van der Waals surface area contributed by atoms with E-state index in [1.165, 1.54) is 6.92 Å². The summed E-state index contributed by atoms with van der Waals surface area (Å²) >= 11 is 0. The topological polar surface area (TPSA) is 65.0 Å². The van der Waals surface area contributed by atoms with E-state index in [2.05, 4.69) is 20.8 Å². The molecule has 2 unspecified atom stereocenters. The van der Waals surface area contributed by atoms with E-state index in [0.29, 0.717) is 6.42 Å². The Morgan fingerprint density at radius 2 is 1.70 bits per heavy atom. The fourth-order valence-electron chi connectivity index (χ4n) is 1.73. The maximum atomic E-state index is 10.9. The molecule has 1 N–H and O–H groups in total. The minimum atomic E-state index is -0.682. The number of esters is 1. The van der Waals surface area contributed by atoms with Crippen LogP contribution in [0.5, 0.6) is 0 Å². The summed E-state index contributed by atoms with van der Waals surface area (Å²) in [5.41, 5.74) is -0.395. The van der Waals surface area contributed by atoms with Crippen molar-refractivity contribution in [3.05, 3.63) is 0 Å². The van der Waals surface area contributed by atoms with Gasteiger partial charge in [-0.1, -0.05) is 20.8 Å². The Hall–Kier alpha value is -0.650.